The van der Waals surface area contributed by atoms with Gasteiger partial charge in [-0.05, 0) is 48.4 Å². The van der Waals surface area contributed by atoms with E-state index in [9.17, 15) is 0 Å². The Bertz CT molecular complexity index is 479. The summed E-state index contributed by atoms with van der Waals surface area (Å²) in [5, 5.41) is 0. The van der Waals surface area contributed by atoms with Crippen LogP contribution in [-0.4, -0.2) is 23.0 Å². The number of nitrogen functional groups attached to an aromatic ring is 1. The van der Waals surface area contributed by atoms with Gasteiger partial charge in [0.1, 0.15) is 0 Å². The molecule has 100 valence electrons. The fourth-order valence-corrected chi connectivity index (χ4v) is 2.07. The first-order valence-corrected chi connectivity index (χ1v) is 6.73. The van der Waals surface area contributed by atoms with Crippen molar-refractivity contribution in [3.63, 3.8) is 0 Å². The zero-order valence-electron chi connectivity index (χ0n) is 11.4. The maximum Gasteiger partial charge on any atom is 0.0314 e. The zero-order chi connectivity index (χ0) is 13.5. The summed E-state index contributed by atoms with van der Waals surface area (Å²) in [5.41, 5.74) is 9.17. The Hall–Kier alpha value is -1.87. The Labute approximate surface area is 115 Å². The second-order valence-electron chi connectivity index (χ2n) is 4.72. The van der Waals surface area contributed by atoms with Crippen LogP contribution in [0.5, 0.6) is 0 Å². The molecule has 0 saturated heterocycles. The van der Waals surface area contributed by atoms with Crippen molar-refractivity contribution in [2.45, 2.75) is 19.9 Å². The van der Waals surface area contributed by atoms with E-state index in [-0.39, 0.29) is 0 Å². The number of benzene rings is 1. The maximum atomic E-state index is 5.69. The number of hydrogen-bond donors (Lipinski definition) is 1. The number of nitrogens with zero attached hydrogens (tertiary/aromatic N) is 2. The van der Waals surface area contributed by atoms with Gasteiger partial charge < -0.3 is 5.73 Å². The van der Waals surface area contributed by atoms with Crippen LogP contribution in [0, 0.1) is 0 Å². The number of nitrogens with two attached hydrogens (primary N) is 1. The minimum absolute atomic E-state index is 0.827. The third-order valence-corrected chi connectivity index (χ3v) is 3.30. The molecule has 0 aliphatic rings. The Morgan fingerprint density at radius 1 is 1.00 bits per heavy atom. The highest BCUT2D eigenvalue weighted by molar-refractivity contribution is 5.39. The lowest BCUT2D eigenvalue weighted by molar-refractivity contribution is 0.283. The van der Waals surface area contributed by atoms with E-state index in [2.05, 4.69) is 41.1 Å². The van der Waals surface area contributed by atoms with E-state index in [1.807, 2.05) is 24.5 Å². The third-order valence-electron chi connectivity index (χ3n) is 3.30. The molecule has 0 aliphatic heterocycles. The minimum Gasteiger partial charge on any atom is -0.399 e. The molecule has 2 rings (SSSR count). The van der Waals surface area contributed by atoms with Gasteiger partial charge in [-0.25, -0.2) is 0 Å². The Kier molecular flexibility index (Phi) is 4.93. The molecule has 0 saturated carbocycles. The van der Waals surface area contributed by atoms with Gasteiger partial charge in [0, 0.05) is 31.2 Å². The van der Waals surface area contributed by atoms with Crippen molar-refractivity contribution in [2.24, 2.45) is 0 Å². The van der Waals surface area contributed by atoms with E-state index < -0.39 is 0 Å². The van der Waals surface area contributed by atoms with Crippen molar-refractivity contribution in [3.05, 3.63) is 59.9 Å². The molecule has 3 nitrogen and oxygen atoms in total. The van der Waals surface area contributed by atoms with Gasteiger partial charge in [-0.1, -0.05) is 19.1 Å². The topological polar surface area (TPSA) is 42.1 Å². The van der Waals surface area contributed by atoms with Gasteiger partial charge in [0.05, 0.1) is 0 Å². The van der Waals surface area contributed by atoms with Crippen LogP contribution < -0.4 is 5.73 Å². The molecule has 3 heteroatoms. The smallest absolute Gasteiger partial charge is 0.0314 e. The van der Waals surface area contributed by atoms with Crippen LogP contribution in [0.3, 0.4) is 0 Å². The lowest BCUT2D eigenvalue weighted by Crippen LogP contribution is -2.25. The van der Waals surface area contributed by atoms with Gasteiger partial charge in [0.25, 0.3) is 0 Å². The molecular formula is C16H21N3. The number of rotatable bonds is 6. The molecule has 0 spiro atoms. The van der Waals surface area contributed by atoms with Gasteiger partial charge in [-0.2, -0.15) is 0 Å². The Morgan fingerprint density at radius 3 is 2.32 bits per heavy atom. The summed E-state index contributed by atoms with van der Waals surface area (Å²) in [7, 11) is 0. The van der Waals surface area contributed by atoms with Crippen LogP contribution >= 0.6 is 0 Å². The fraction of sp³-hybridized carbons (Fsp3) is 0.312. The molecule has 1 heterocycles. The van der Waals surface area contributed by atoms with Gasteiger partial charge in [0.15, 0.2) is 0 Å². The normalized spacial score (nSPS) is 10.8. The largest absolute Gasteiger partial charge is 0.399 e. The van der Waals surface area contributed by atoms with E-state index in [0.717, 1.165) is 31.7 Å². The molecule has 0 atom stereocenters. The predicted octanol–water partition coefficient (Wildman–Crippen LogP) is 2.73. The van der Waals surface area contributed by atoms with Gasteiger partial charge >= 0.3 is 0 Å². The Morgan fingerprint density at radius 2 is 1.68 bits per heavy atom. The molecule has 0 bridgehead atoms. The van der Waals surface area contributed by atoms with Gasteiger partial charge in [-0.15, -0.1) is 0 Å². The van der Waals surface area contributed by atoms with Crippen molar-refractivity contribution in [1.82, 2.24) is 9.88 Å². The highest BCUT2D eigenvalue weighted by Gasteiger charge is 2.04. The molecule has 0 aliphatic carbocycles. The van der Waals surface area contributed by atoms with E-state index in [0.29, 0.717) is 0 Å². The molecule has 2 N–H and O–H groups in total. The summed E-state index contributed by atoms with van der Waals surface area (Å²) >= 11 is 0. The quantitative estimate of drug-likeness (QED) is 0.807. The molecule has 0 fully saturated rings. The lowest BCUT2D eigenvalue weighted by atomic mass is 10.1. The van der Waals surface area contributed by atoms with Crippen LogP contribution in [0.4, 0.5) is 5.69 Å². The summed E-state index contributed by atoms with van der Waals surface area (Å²) in [6, 6.07) is 12.3. The number of pyridine rings is 1. The first-order valence-electron chi connectivity index (χ1n) is 6.73. The van der Waals surface area contributed by atoms with Crippen molar-refractivity contribution in [1.29, 1.82) is 0 Å². The first-order chi connectivity index (χ1) is 9.28. The Balaban J connectivity index is 1.87. The number of anilines is 1. The van der Waals surface area contributed by atoms with Crippen LogP contribution in [0.25, 0.3) is 0 Å². The molecule has 0 unspecified atom stereocenters. The highest BCUT2D eigenvalue weighted by atomic mass is 15.1. The summed E-state index contributed by atoms with van der Waals surface area (Å²) in [6.07, 6.45) is 4.76. The molecule has 2 aromatic rings. The lowest BCUT2D eigenvalue weighted by Gasteiger charge is -2.20. The van der Waals surface area contributed by atoms with Crippen LogP contribution in [0.1, 0.15) is 18.1 Å². The minimum atomic E-state index is 0.827. The molecule has 1 aromatic heterocycles. The van der Waals surface area contributed by atoms with Crippen molar-refractivity contribution in [3.8, 4) is 0 Å². The zero-order valence-corrected chi connectivity index (χ0v) is 11.4. The van der Waals surface area contributed by atoms with Crippen LogP contribution in [0.15, 0.2) is 48.8 Å². The summed E-state index contributed by atoms with van der Waals surface area (Å²) in [4.78, 5) is 6.49. The SMILES string of the molecule is CCN(CCc1ccc(N)cc1)Cc1ccncc1. The van der Waals surface area contributed by atoms with Crippen molar-refractivity contribution < 1.29 is 0 Å². The number of hydrogen-bond acceptors (Lipinski definition) is 3. The van der Waals surface area contributed by atoms with Gasteiger partial charge in [0.2, 0.25) is 0 Å². The van der Waals surface area contributed by atoms with Crippen LogP contribution in [0.2, 0.25) is 0 Å². The van der Waals surface area contributed by atoms with Crippen LogP contribution in [-0.2, 0) is 13.0 Å². The van der Waals surface area contributed by atoms with Crippen molar-refractivity contribution in [2.75, 3.05) is 18.8 Å². The third kappa shape index (κ3) is 4.38. The van der Waals surface area contributed by atoms with Gasteiger partial charge in [-0.3, -0.25) is 9.88 Å². The average Bonchev–Trinajstić information content (AvgIpc) is 2.46. The van der Waals surface area contributed by atoms with E-state index in [4.69, 9.17) is 5.73 Å². The first kappa shape index (κ1) is 13.6. The fourth-order valence-electron chi connectivity index (χ4n) is 2.07. The highest BCUT2D eigenvalue weighted by Crippen LogP contribution is 2.08. The molecule has 1 aromatic carbocycles. The summed E-state index contributed by atoms with van der Waals surface area (Å²) in [5.74, 6) is 0. The second kappa shape index (κ2) is 6.90. The van der Waals surface area contributed by atoms with Crippen molar-refractivity contribution >= 4 is 5.69 Å². The molecular weight excluding hydrogens is 234 g/mol. The average molecular weight is 255 g/mol. The predicted molar refractivity (Wildman–Crippen MR) is 79.7 cm³/mol. The number of likely N-dealkylation sites (N-methyl/N-ethyl adjacent to an activating group) is 1. The molecule has 0 radical (unpaired) electrons. The molecule has 19 heavy (non-hydrogen) atoms. The monoisotopic (exact) mass is 255 g/mol. The molecule has 0 amide bonds. The summed E-state index contributed by atoms with van der Waals surface area (Å²) < 4.78 is 0. The standard InChI is InChI=1S/C16H21N3/c1-2-19(13-15-7-10-18-11-8-15)12-9-14-3-5-16(17)6-4-14/h3-8,10-11H,2,9,12-13,17H2,1H3. The van der Waals surface area contributed by atoms with E-state index >= 15 is 0 Å². The second-order valence-corrected chi connectivity index (χ2v) is 4.72. The van der Waals surface area contributed by atoms with E-state index in [1.54, 1.807) is 0 Å². The van der Waals surface area contributed by atoms with E-state index in [1.165, 1.54) is 11.1 Å². The number of aromatic nitrogens is 1. The maximum absolute atomic E-state index is 5.69. The summed E-state index contributed by atoms with van der Waals surface area (Å²) in [6.45, 7) is 5.29.